The van der Waals surface area contributed by atoms with Crippen LogP contribution in [0.5, 0.6) is 0 Å². The van der Waals surface area contributed by atoms with E-state index in [9.17, 15) is 0 Å². The van der Waals surface area contributed by atoms with Crippen molar-refractivity contribution in [3.63, 3.8) is 0 Å². The topological polar surface area (TPSA) is 38.5 Å². The zero-order valence-corrected chi connectivity index (χ0v) is 11.9. The molecule has 1 aromatic rings. The van der Waals surface area contributed by atoms with Gasteiger partial charge in [0, 0.05) is 19.2 Å². The van der Waals surface area contributed by atoms with Gasteiger partial charge < -0.3 is 15.4 Å². The van der Waals surface area contributed by atoms with Crippen LogP contribution in [0.1, 0.15) is 30.5 Å². The molecule has 0 amide bonds. The van der Waals surface area contributed by atoms with Crippen LogP contribution in [0.25, 0.3) is 0 Å². The summed E-state index contributed by atoms with van der Waals surface area (Å²) in [6.07, 6.45) is 0.980. The second-order valence-electron chi connectivity index (χ2n) is 4.75. The third-order valence-electron chi connectivity index (χ3n) is 3.23. The molecule has 1 atom stereocenters. The van der Waals surface area contributed by atoms with E-state index in [0.717, 1.165) is 32.7 Å². The number of aryl methyl sites for hydroxylation is 1. The second kappa shape index (κ2) is 8.25. The molecular formula is C15H26N2O. The molecule has 2 N–H and O–H groups in total. The van der Waals surface area contributed by atoms with E-state index in [1.165, 1.54) is 11.1 Å². The van der Waals surface area contributed by atoms with Gasteiger partial charge in [0.05, 0.1) is 6.61 Å². The van der Waals surface area contributed by atoms with Crippen LogP contribution < -0.4 is 5.73 Å². The lowest BCUT2D eigenvalue weighted by atomic mass is 9.99. The summed E-state index contributed by atoms with van der Waals surface area (Å²) in [6.45, 7) is 7.70. The molecule has 0 heterocycles. The molecular weight excluding hydrogens is 224 g/mol. The first kappa shape index (κ1) is 15.2. The maximum absolute atomic E-state index is 6.24. The minimum atomic E-state index is 0.126. The summed E-state index contributed by atoms with van der Waals surface area (Å²) in [5, 5.41) is 0. The van der Waals surface area contributed by atoms with Gasteiger partial charge in [-0.15, -0.1) is 0 Å². The number of nitrogens with zero attached hydrogens (tertiary/aromatic N) is 1. The van der Waals surface area contributed by atoms with Crippen LogP contribution in [0, 0.1) is 6.92 Å². The van der Waals surface area contributed by atoms with Crippen molar-refractivity contribution in [3.8, 4) is 0 Å². The average Bonchev–Trinajstić information content (AvgIpc) is 2.37. The normalized spacial score (nSPS) is 12.9. The number of ether oxygens (including phenoxy) is 1. The molecule has 1 rings (SSSR count). The fraction of sp³-hybridized carbons (Fsp3) is 0.600. The summed E-state index contributed by atoms with van der Waals surface area (Å²) in [7, 11) is 2.11. The van der Waals surface area contributed by atoms with E-state index >= 15 is 0 Å². The number of hydrogen-bond acceptors (Lipinski definition) is 3. The Morgan fingerprint density at radius 1 is 1.28 bits per heavy atom. The van der Waals surface area contributed by atoms with E-state index in [0.29, 0.717) is 0 Å². The van der Waals surface area contributed by atoms with Crippen LogP contribution in [0.15, 0.2) is 24.3 Å². The predicted molar refractivity (Wildman–Crippen MR) is 76.7 cm³/mol. The highest BCUT2D eigenvalue weighted by Crippen LogP contribution is 2.18. The minimum Gasteiger partial charge on any atom is -0.380 e. The van der Waals surface area contributed by atoms with Crippen molar-refractivity contribution >= 4 is 0 Å². The molecule has 0 aromatic heterocycles. The van der Waals surface area contributed by atoms with Crippen molar-refractivity contribution in [2.45, 2.75) is 26.3 Å². The van der Waals surface area contributed by atoms with Crippen molar-refractivity contribution in [3.05, 3.63) is 35.4 Å². The van der Waals surface area contributed by atoms with Gasteiger partial charge >= 0.3 is 0 Å². The van der Waals surface area contributed by atoms with E-state index in [1.807, 2.05) is 6.92 Å². The summed E-state index contributed by atoms with van der Waals surface area (Å²) in [6, 6.07) is 8.48. The fourth-order valence-corrected chi connectivity index (χ4v) is 1.99. The lowest BCUT2D eigenvalue weighted by Crippen LogP contribution is -2.27. The van der Waals surface area contributed by atoms with Crippen LogP contribution in [0.2, 0.25) is 0 Å². The maximum Gasteiger partial charge on any atom is 0.0593 e. The van der Waals surface area contributed by atoms with E-state index in [2.05, 4.69) is 43.1 Å². The lowest BCUT2D eigenvalue weighted by Gasteiger charge is -2.20. The molecule has 0 spiro atoms. The second-order valence-corrected chi connectivity index (χ2v) is 4.75. The molecule has 0 bridgehead atoms. The Morgan fingerprint density at radius 3 is 2.67 bits per heavy atom. The average molecular weight is 250 g/mol. The van der Waals surface area contributed by atoms with Gasteiger partial charge in [0.1, 0.15) is 0 Å². The smallest absolute Gasteiger partial charge is 0.0593 e. The highest BCUT2D eigenvalue weighted by atomic mass is 16.5. The standard InChI is InChI=1S/C15H26N2O/c1-4-18-12-11-17(3)10-9-15(16)14-8-6-5-7-13(14)2/h5-8,15H,4,9-12,16H2,1-3H3. The van der Waals surface area contributed by atoms with Crippen LogP contribution in [0.4, 0.5) is 0 Å². The minimum absolute atomic E-state index is 0.126. The third kappa shape index (κ3) is 5.17. The van der Waals surface area contributed by atoms with E-state index in [4.69, 9.17) is 10.5 Å². The van der Waals surface area contributed by atoms with Gasteiger partial charge in [-0.1, -0.05) is 24.3 Å². The number of hydrogen-bond donors (Lipinski definition) is 1. The molecule has 0 fully saturated rings. The first-order valence-electron chi connectivity index (χ1n) is 6.72. The molecule has 3 heteroatoms. The Morgan fingerprint density at radius 2 is 2.00 bits per heavy atom. The summed E-state index contributed by atoms with van der Waals surface area (Å²) in [5.74, 6) is 0. The van der Waals surface area contributed by atoms with Gasteiger partial charge in [0.2, 0.25) is 0 Å². The predicted octanol–water partition coefficient (Wildman–Crippen LogP) is 2.35. The van der Waals surface area contributed by atoms with Gasteiger partial charge in [-0.05, 0) is 45.0 Å². The molecule has 0 aliphatic carbocycles. The quantitative estimate of drug-likeness (QED) is 0.720. The van der Waals surface area contributed by atoms with Gasteiger partial charge in [-0.3, -0.25) is 0 Å². The van der Waals surface area contributed by atoms with Gasteiger partial charge in [0.15, 0.2) is 0 Å². The van der Waals surface area contributed by atoms with Crippen molar-refractivity contribution in [1.29, 1.82) is 0 Å². The molecule has 1 aromatic carbocycles. The molecule has 102 valence electrons. The van der Waals surface area contributed by atoms with Crippen molar-refractivity contribution in [2.24, 2.45) is 5.73 Å². The highest BCUT2D eigenvalue weighted by molar-refractivity contribution is 5.28. The third-order valence-corrected chi connectivity index (χ3v) is 3.23. The summed E-state index contributed by atoms with van der Waals surface area (Å²) >= 11 is 0. The highest BCUT2D eigenvalue weighted by Gasteiger charge is 2.09. The van der Waals surface area contributed by atoms with E-state index in [-0.39, 0.29) is 6.04 Å². The Hall–Kier alpha value is -0.900. The van der Waals surface area contributed by atoms with E-state index < -0.39 is 0 Å². The van der Waals surface area contributed by atoms with Crippen LogP contribution in [0.3, 0.4) is 0 Å². The molecule has 0 saturated carbocycles. The lowest BCUT2D eigenvalue weighted by molar-refractivity contribution is 0.121. The number of nitrogens with two attached hydrogens (primary N) is 1. The fourth-order valence-electron chi connectivity index (χ4n) is 1.99. The van der Waals surface area contributed by atoms with Crippen molar-refractivity contribution < 1.29 is 4.74 Å². The van der Waals surface area contributed by atoms with Crippen LogP contribution in [-0.4, -0.2) is 38.3 Å². The van der Waals surface area contributed by atoms with Crippen molar-refractivity contribution in [1.82, 2.24) is 4.90 Å². The zero-order valence-electron chi connectivity index (χ0n) is 11.9. The molecule has 0 aliphatic rings. The van der Waals surface area contributed by atoms with Crippen LogP contribution in [-0.2, 0) is 4.74 Å². The molecule has 0 saturated heterocycles. The van der Waals surface area contributed by atoms with Gasteiger partial charge in [0.25, 0.3) is 0 Å². The first-order valence-corrected chi connectivity index (χ1v) is 6.72. The van der Waals surface area contributed by atoms with Crippen molar-refractivity contribution in [2.75, 3.05) is 33.4 Å². The molecule has 3 nitrogen and oxygen atoms in total. The summed E-state index contributed by atoms with van der Waals surface area (Å²) in [4.78, 5) is 2.27. The Bertz CT molecular complexity index is 341. The molecule has 1 unspecified atom stereocenters. The Kier molecular flexibility index (Phi) is 6.94. The molecule has 0 radical (unpaired) electrons. The van der Waals surface area contributed by atoms with Gasteiger partial charge in [-0.2, -0.15) is 0 Å². The zero-order chi connectivity index (χ0) is 13.4. The van der Waals surface area contributed by atoms with Crippen LogP contribution >= 0.6 is 0 Å². The Labute approximate surface area is 111 Å². The number of likely N-dealkylation sites (N-methyl/N-ethyl adjacent to an activating group) is 1. The maximum atomic E-state index is 6.24. The van der Waals surface area contributed by atoms with Gasteiger partial charge in [-0.25, -0.2) is 0 Å². The summed E-state index contributed by atoms with van der Waals surface area (Å²) in [5.41, 5.74) is 8.78. The Balaban J connectivity index is 2.32. The molecule has 18 heavy (non-hydrogen) atoms. The number of rotatable bonds is 8. The monoisotopic (exact) mass is 250 g/mol. The summed E-state index contributed by atoms with van der Waals surface area (Å²) < 4.78 is 5.34. The molecule has 0 aliphatic heterocycles. The van der Waals surface area contributed by atoms with E-state index in [1.54, 1.807) is 0 Å². The first-order chi connectivity index (χ1) is 8.65. The largest absolute Gasteiger partial charge is 0.380 e. The number of benzene rings is 1. The SMILES string of the molecule is CCOCCN(C)CCC(N)c1ccccc1C.